The monoisotopic (exact) mass is 492 g/mol. The number of aliphatic hydroxyl groups excluding tert-OH is 1. The van der Waals surface area contributed by atoms with E-state index in [1.165, 1.54) is 22.3 Å². The van der Waals surface area contributed by atoms with Crippen LogP contribution in [0.2, 0.25) is 0 Å². The van der Waals surface area contributed by atoms with Gasteiger partial charge in [-0.15, -0.1) is 0 Å². The Morgan fingerprint density at radius 3 is 2.11 bits per heavy atom. The Balaban J connectivity index is 0.00000140. The van der Waals surface area contributed by atoms with Gasteiger partial charge in [-0.3, -0.25) is 0 Å². The molecule has 0 aliphatic heterocycles. The van der Waals surface area contributed by atoms with Crippen molar-refractivity contribution in [1.29, 1.82) is 0 Å². The number of aliphatic hydroxyl groups is 1. The van der Waals surface area contributed by atoms with Gasteiger partial charge in [-0.25, -0.2) is 0 Å². The van der Waals surface area contributed by atoms with Crippen LogP contribution in [0.1, 0.15) is 35.0 Å². The number of benzene rings is 2. The molecule has 0 amide bonds. The minimum absolute atomic E-state index is 0. The largest absolute Gasteiger partial charge is 1.00 e. The molecule has 0 heterocycles. The van der Waals surface area contributed by atoms with Gasteiger partial charge in [-0.2, -0.15) is 0 Å². The van der Waals surface area contributed by atoms with Crippen LogP contribution in [0.15, 0.2) is 69.7 Å². The van der Waals surface area contributed by atoms with Crippen LogP contribution in [0.3, 0.4) is 0 Å². The molecule has 0 bridgehead atoms. The number of ether oxygens (including phenoxy) is 1. The second-order valence-electron chi connectivity index (χ2n) is 7.07. The smallest absolute Gasteiger partial charge is 1.00 e. The summed E-state index contributed by atoms with van der Waals surface area (Å²) in [5.74, 6) is 0.938. The van der Waals surface area contributed by atoms with Crippen molar-refractivity contribution in [2.75, 3.05) is 13.2 Å². The van der Waals surface area contributed by atoms with E-state index in [0.29, 0.717) is 10.2 Å². The Morgan fingerprint density at radius 1 is 1.00 bits per heavy atom. The molecular weight excluding hydrogens is 470 g/mol. The van der Waals surface area contributed by atoms with Crippen molar-refractivity contribution in [2.45, 2.75) is 23.9 Å². The molecule has 2 nitrogen and oxygen atoms in total. The van der Waals surface area contributed by atoms with Crippen LogP contribution in [-0.4, -0.2) is 21.5 Å². The maximum Gasteiger partial charge on any atom is -1.00 e. The second kappa shape index (κ2) is 10.2. The van der Waals surface area contributed by atoms with E-state index in [9.17, 15) is 0 Å². The first kappa shape index (κ1) is 23.3. The molecule has 1 N–H and O–H groups in total. The van der Waals surface area contributed by atoms with E-state index in [-0.39, 0.29) is 31.4 Å². The molecular formula is C23H24Cl2O2Zr. The molecule has 2 aromatic rings. The van der Waals surface area contributed by atoms with Gasteiger partial charge in [-0.1, -0.05) is 0 Å². The molecule has 0 spiro atoms. The third kappa shape index (κ3) is 4.29. The molecule has 0 aromatic heterocycles. The Morgan fingerprint density at radius 2 is 1.57 bits per heavy atom. The summed E-state index contributed by atoms with van der Waals surface area (Å²) < 4.78 is 9.43. The standard InChI is InChI=1S/C13H9.C7H9O2.C3H6.2ClH.Zr/c1-3-7-12-10(5-1)9-11-6-2-4-8-13(11)12;8-5-6-9-7-3-1-2-4-7;1-3-2;;;/h1-9H;3-4,8H,1,5-6H2;1-2H3;2*1H;/q;;;;;+2/p-2. The van der Waals surface area contributed by atoms with Crippen molar-refractivity contribution in [2.24, 2.45) is 0 Å². The number of fused-ring (bicyclic) bond motifs is 3. The van der Waals surface area contributed by atoms with Crippen molar-refractivity contribution < 1.29 is 55.9 Å². The molecule has 0 atom stereocenters. The molecule has 4 rings (SSSR count). The van der Waals surface area contributed by atoms with Crippen LogP contribution in [0, 0.1) is 0 Å². The fourth-order valence-electron chi connectivity index (χ4n) is 4.21. The summed E-state index contributed by atoms with van der Waals surface area (Å²) in [5.41, 5.74) is 5.84. The summed E-state index contributed by atoms with van der Waals surface area (Å²) in [5, 5.41) is 9.02. The van der Waals surface area contributed by atoms with Gasteiger partial charge in [0.25, 0.3) is 0 Å². The number of hydrogen-bond donors (Lipinski definition) is 1. The molecule has 2 aromatic carbocycles. The molecule has 0 saturated carbocycles. The third-order valence-corrected chi connectivity index (χ3v) is 13.4. The fraction of sp³-hybridized carbons (Fsp3) is 0.261. The van der Waals surface area contributed by atoms with Gasteiger partial charge in [0.15, 0.2) is 0 Å². The normalized spacial score (nSPS) is 13.8. The van der Waals surface area contributed by atoms with Gasteiger partial charge in [0, 0.05) is 0 Å². The van der Waals surface area contributed by atoms with Crippen LogP contribution in [-0.2, 0) is 26.0 Å². The van der Waals surface area contributed by atoms with Gasteiger partial charge in [-0.05, 0) is 0 Å². The maximum absolute atomic E-state index is 9.02. The molecule has 0 unspecified atom stereocenters. The van der Waals surface area contributed by atoms with Gasteiger partial charge in [0.2, 0.25) is 0 Å². The Hall–Kier alpha value is -0.987. The molecule has 5 heteroatoms. The van der Waals surface area contributed by atoms with Gasteiger partial charge in [0.05, 0.1) is 0 Å². The van der Waals surface area contributed by atoms with E-state index < -0.39 is 21.3 Å². The van der Waals surface area contributed by atoms with E-state index in [4.69, 9.17) is 9.84 Å². The van der Waals surface area contributed by atoms with Gasteiger partial charge < -0.3 is 24.8 Å². The zero-order chi connectivity index (χ0) is 18.1. The van der Waals surface area contributed by atoms with Gasteiger partial charge >= 0.3 is 163 Å². The van der Waals surface area contributed by atoms with Crippen LogP contribution in [0.5, 0.6) is 0 Å². The third-order valence-electron chi connectivity index (χ3n) is 5.21. The molecule has 0 saturated heterocycles. The Bertz CT molecular complexity index is 898. The average Bonchev–Trinajstić information content (AvgIpc) is 3.24. The van der Waals surface area contributed by atoms with Crippen molar-refractivity contribution in [1.82, 2.24) is 0 Å². The first-order chi connectivity index (χ1) is 12.7. The van der Waals surface area contributed by atoms with Crippen LogP contribution < -0.4 is 24.8 Å². The van der Waals surface area contributed by atoms with E-state index in [0.717, 1.165) is 12.2 Å². The van der Waals surface area contributed by atoms with Gasteiger partial charge in [0.1, 0.15) is 0 Å². The summed E-state index contributed by atoms with van der Waals surface area (Å²) in [4.78, 5) is 0. The Labute approximate surface area is 187 Å². The molecule has 28 heavy (non-hydrogen) atoms. The second-order valence-corrected chi connectivity index (χ2v) is 14.6. The molecule has 2 aliphatic carbocycles. The van der Waals surface area contributed by atoms with E-state index in [1.54, 1.807) is 6.49 Å². The van der Waals surface area contributed by atoms with Crippen molar-refractivity contribution in [3.05, 3.63) is 80.9 Å². The van der Waals surface area contributed by atoms with Crippen LogP contribution >= 0.6 is 0 Å². The zero-order valence-corrected chi connectivity index (χ0v) is 20.1. The fourth-order valence-corrected chi connectivity index (χ4v) is 12.4. The minimum Gasteiger partial charge on any atom is -1.00 e. The van der Waals surface area contributed by atoms with Crippen molar-refractivity contribution >= 4 is 3.21 Å². The molecule has 0 radical (unpaired) electrons. The first-order valence-electron chi connectivity index (χ1n) is 9.21. The van der Waals surface area contributed by atoms with E-state index in [2.05, 4.69) is 74.5 Å². The van der Waals surface area contributed by atoms with Crippen LogP contribution in [0.4, 0.5) is 0 Å². The number of hydrogen-bond acceptors (Lipinski definition) is 2. The summed E-state index contributed by atoms with van der Waals surface area (Å²) in [6.45, 7) is 5.09. The predicted octanol–water partition coefficient (Wildman–Crippen LogP) is -1.22. The summed E-state index contributed by atoms with van der Waals surface area (Å²) >= 11 is -2.09. The summed E-state index contributed by atoms with van der Waals surface area (Å²) in [6.07, 6.45) is 5.45. The SMILES string of the molecule is C[C](C)=[Zr+2]([C]1=CC(OCCO)=CC1)[CH]1c2ccccc2-c2ccccc21.[Cl-].[Cl-]. The van der Waals surface area contributed by atoms with Crippen LogP contribution in [0.25, 0.3) is 11.1 Å². The molecule has 2 aliphatic rings. The zero-order valence-electron chi connectivity index (χ0n) is 16.1. The maximum atomic E-state index is 9.02. The number of halogens is 2. The number of rotatable bonds is 5. The first-order valence-corrected chi connectivity index (χ1v) is 13.1. The molecule has 146 valence electrons. The number of allylic oxidation sites excluding steroid dienone is 3. The van der Waals surface area contributed by atoms with Crippen molar-refractivity contribution in [3.63, 3.8) is 0 Å². The molecule has 0 fully saturated rings. The van der Waals surface area contributed by atoms with Crippen molar-refractivity contribution in [3.8, 4) is 11.1 Å². The Kier molecular flexibility index (Phi) is 8.46. The summed E-state index contributed by atoms with van der Waals surface area (Å²) in [6, 6.07) is 17.9. The quantitative estimate of drug-likeness (QED) is 0.565. The van der Waals surface area contributed by atoms with E-state index in [1.807, 2.05) is 0 Å². The predicted molar refractivity (Wildman–Crippen MR) is 104 cm³/mol. The van der Waals surface area contributed by atoms with E-state index >= 15 is 0 Å². The minimum atomic E-state index is -2.09. The topological polar surface area (TPSA) is 29.5 Å². The average molecular weight is 495 g/mol. The summed E-state index contributed by atoms with van der Waals surface area (Å²) in [7, 11) is 0.